The van der Waals surface area contributed by atoms with Crippen LogP contribution in [-0.2, 0) is 4.79 Å². The second kappa shape index (κ2) is 10.3. The summed E-state index contributed by atoms with van der Waals surface area (Å²) in [5.74, 6) is 1.48. The quantitative estimate of drug-likeness (QED) is 0.361. The molecule has 0 N–H and O–H groups in total. The zero-order valence-corrected chi connectivity index (χ0v) is 19.8. The molecule has 5 rings (SSSR count). The van der Waals surface area contributed by atoms with Gasteiger partial charge in [-0.05, 0) is 24.1 Å². The minimum atomic E-state index is 0.0832. The van der Waals surface area contributed by atoms with Crippen LogP contribution in [0.2, 0.25) is 0 Å². The molecule has 0 radical (unpaired) electrons. The van der Waals surface area contributed by atoms with E-state index in [1.165, 1.54) is 22.9 Å². The molecule has 0 saturated carbocycles. The van der Waals surface area contributed by atoms with Crippen molar-refractivity contribution in [1.29, 1.82) is 0 Å². The molecule has 2 aromatic carbocycles. The normalized spacial score (nSPS) is 14.6. The number of aromatic nitrogens is 2. The predicted molar refractivity (Wildman–Crippen MR) is 130 cm³/mol. The fourth-order valence-electron chi connectivity index (χ4n) is 4.31. The third-order valence-electron chi connectivity index (χ3n) is 6.08. The van der Waals surface area contributed by atoms with Crippen LogP contribution in [0.3, 0.4) is 0 Å². The van der Waals surface area contributed by atoms with Crippen LogP contribution in [-0.4, -0.2) is 57.8 Å². The Labute approximate surface area is 202 Å². The summed E-state index contributed by atoms with van der Waals surface area (Å²) in [6, 6.07) is 23.1. The molecule has 7 nitrogen and oxygen atoms in total. The number of nitrogens with zero attached hydrogens (tertiary/aromatic N) is 4. The first-order chi connectivity index (χ1) is 16.7. The van der Waals surface area contributed by atoms with Gasteiger partial charge in [0.1, 0.15) is 5.76 Å². The first-order valence-electron chi connectivity index (χ1n) is 11.3. The van der Waals surface area contributed by atoms with Gasteiger partial charge in [-0.15, -0.1) is 10.2 Å². The molecule has 2 aromatic heterocycles. The molecule has 0 atom stereocenters. The Morgan fingerprint density at radius 2 is 1.59 bits per heavy atom. The monoisotopic (exact) mass is 474 g/mol. The second-order valence-corrected chi connectivity index (χ2v) is 9.12. The molecular formula is C26H26N4O3S. The number of carbonyl (C=O) groups excluding carboxylic acids is 1. The van der Waals surface area contributed by atoms with Crippen LogP contribution < -0.4 is 0 Å². The highest BCUT2D eigenvalue weighted by Crippen LogP contribution is 2.30. The summed E-state index contributed by atoms with van der Waals surface area (Å²) in [7, 11) is 0. The van der Waals surface area contributed by atoms with Crippen molar-refractivity contribution in [1.82, 2.24) is 20.0 Å². The number of rotatable bonds is 7. The van der Waals surface area contributed by atoms with E-state index >= 15 is 0 Å². The highest BCUT2D eigenvalue weighted by atomic mass is 32.2. The fourth-order valence-corrected chi connectivity index (χ4v) is 4.98. The number of carbonyl (C=O) groups is 1. The van der Waals surface area contributed by atoms with Crippen LogP contribution in [0.4, 0.5) is 0 Å². The molecule has 4 aromatic rings. The Morgan fingerprint density at radius 1 is 0.941 bits per heavy atom. The number of furan rings is 1. The molecule has 0 aliphatic carbocycles. The van der Waals surface area contributed by atoms with Gasteiger partial charge in [0.05, 0.1) is 23.6 Å². The van der Waals surface area contributed by atoms with Crippen molar-refractivity contribution in [2.45, 2.75) is 18.2 Å². The van der Waals surface area contributed by atoms with Crippen LogP contribution in [0.1, 0.15) is 22.9 Å². The van der Waals surface area contributed by atoms with Crippen molar-refractivity contribution < 1.29 is 13.6 Å². The van der Waals surface area contributed by atoms with Crippen molar-refractivity contribution in [3.8, 4) is 11.5 Å². The molecule has 3 heterocycles. The highest BCUT2D eigenvalue weighted by Gasteiger charge is 2.28. The summed E-state index contributed by atoms with van der Waals surface area (Å²) in [5.41, 5.74) is 3.31. The van der Waals surface area contributed by atoms with Gasteiger partial charge in [-0.1, -0.05) is 72.4 Å². The second-order valence-electron chi connectivity index (χ2n) is 8.19. The maximum absolute atomic E-state index is 12.9. The fraction of sp³-hybridized carbons (Fsp3) is 0.269. The third-order valence-corrected chi connectivity index (χ3v) is 6.88. The Morgan fingerprint density at radius 3 is 2.18 bits per heavy atom. The zero-order chi connectivity index (χ0) is 23.3. The Balaban J connectivity index is 1.19. The maximum atomic E-state index is 12.9. The number of hydrogen-bond acceptors (Lipinski definition) is 7. The average molecular weight is 475 g/mol. The Bertz CT molecular complexity index is 1180. The Hall–Kier alpha value is -3.36. The van der Waals surface area contributed by atoms with E-state index in [1.54, 1.807) is 12.3 Å². The van der Waals surface area contributed by atoms with Crippen LogP contribution in [0.5, 0.6) is 0 Å². The molecule has 1 saturated heterocycles. The molecule has 1 amide bonds. The lowest BCUT2D eigenvalue weighted by Gasteiger charge is -2.39. The van der Waals surface area contributed by atoms with E-state index in [1.807, 2.05) is 24.0 Å². The average Bonchev–Trinajstić information content (AvgIpc) is 3.53. The van der Waals surface area contributed by atoms with Gasteiger partial charge in [0.15, 0.2) is 0 Å². The van der Waals surface area contributed by atoms with E-state index in [4.69, 9.17) is 8.83 Å². The minimum absolute atomic E-state index is 0.0832. The standard InChI is InChI=1S/C26H26N4O3S/c1-19-22(12-17-32-19)25-27-28-26(33-25)34-18-23(31)29-13-15-30(16-14-29)24(20-8-4-2-5-9-20)21-10-6-3-7-11-21/h2-12,17,24H,13-16,18H2,1H3. The lowest BCUT2D eigenvalue weighted by Crippen LogP contribution is -2.50. The molecule has 0 bridgehead atoms. The highest BCUT2D eigenvalue weighted by molar-refractivity contribution is 7.99. The van der Waals surface area contributed by atoms with Gasteiger partial charge in [0.2, 0.25) is 5.91 Å². The summed E-state index contributed by atoms with van der Waals surface area (Å²) in [6.45, 7) is 4.86. The van der Waals surface area contributed by atoms with Crippen molar-refractivity contribution in [3.63, 3.8) is 0 Å². The van der Waals surface area contributed by atoms with Gasteiger partial charge >= 0.3 is 0 Å². The smallest absolute Gasteiger partial charge is 0.277 e. The zero-order valence-electron chi connectivity index (χ0n) is 19.0. The van der Waals surface area contributed by atoms with E-state index in [0.717, 1.165) is 24.4 Å². The summed E-state index contributed by atoms with van der Waals surface area (Å²) >= 11 is 1.27. The van der Waals surface area contributed by atoms with Crippen LogP contribution in [0.15, 0.2) is 87.1 Å². The van der Waals surface area contributed by atoms with Gasteiger partial charge in [0, 0.05) is 26.2 Å². The summed E-state index contributed by atoms with van der Waals surface area (Å²) in [5, 5.41) is 8.51. The van der Waals surface area contributed by atoms with Crippen molar-refractivity contribution in [2.24, 2.45) is 0 Å². The predicted octanol–water partition coefficient (Wildman–Crippen LogP) is 4.66. The molecule has 8 heteroatoms. The molecule has 1 fully saturated rings. The van der Waals surface area contributed by atoms with Crippen molar-refractivity contribution in [3.05, 3.63) is 89.9 Å². The Kier molecular flexibility index (Phi) is 6.78. The molecule has 0 unspecified atom stereocenters. The van der Waals surface area contributed by atoms with Gasteiger partial charge < -0.3 is 13.7 Å². The van der Waals surface area contributed by atoms with Crippen LogP contribution in [0.25, 0.3) is 11.5 Å². The van der Waals surface area contributed by atoms with E-state index in [2.05, 4.69) is 63.6 Å². The SMILES string of the molecule is Cc1occc1-c1nnc(SCC(=O)N2CCN(C(c3ccccc3)c3ccccc3)CC2)o1. The van der Waals surface area contributed by atoms with Gasteiger partial charge in [0.25, 0.3) is 11.1 Å². The summed E-state index contributed by atoms with van der Waals surface area (Å²) in [6.07, 6.45) is 1.59. The maximum Gasteiger partial charge on any atom is 0.277 e. The molecule has 34 heavy (non-hydrogen) atoms. The number of hydrogen-bond donors (Lipinski definition) is 0. The van der Waals surface area contributed by atoms with E-state index in [-0.39, 0.29) is 17.7 Å². The number of aryl methyl sites for hydroxylation is 1. The largest absolute Gasteiger partial charge is 0.469 e. The number of benzene rings is 2. The third kappa shape index (κ3) is 4.93. The van der Waals surface area contributed by atoms with E-state index in [9.17, 15) is 4.79 Å². The number of thioether (sulfide) groups is 1. The van der Waals surface area contributed by atoms with Gasteiger partial charge in [-0.2, -0.15) is 0 Å². The first kappa shape index (κ1) is 22.4. The van der Waals surface area contributed by atoms with Gasteiger partial charge in [-0.25, -0.2) is 0 Å². The number of amides is 1. The van der Waals surface area contributed by atoms with E-state index in [0.29, 0.717) is 24.2 Å². The number of piperazine rings is 1. The van der Waals surface area contributed by atoms with Crippen molar-refractivity contribution >= 4 is 17.7 Å². The lowest BCUT2D eigenvalue weighted by atomic mass is 9.96. The molecule has 1 aliphatic heterocycles. The minimum Gasteiger partial charge on any atom is -0.469 e. The van der Waals surface area contributed by atoms with Gasteiger partial charge in [-0.3, -0.25) is 9.69 Å². The summed E-state index contributed by atoms with van der Waals surface area (Å²) < 4.78 is 11.0. The van der Waals surface area contributed by atoms with Crippen LogP contribution in [0, 0.1) is 6.92 Å². The van der Waals surface area contributed by atoms with Crippen molar-refractivity contribution in [2.75, 3.05) is 31.9 Å². The summed E-state index contributed by atoms with van der Waals surface area (Å²) in [4.78, 5) is 17.2. The molecule has 1 aliphatic rings. The lowest BCUT2D eigenvalue weighted by molar-refractivity contribution is -0.130. The molecule has 174 valence electrons. The van der Waals surface area contributed by atoms with E-state index < -0.39 is 0 Å². The molecular weight excluding hydrogens is 448 g/mol. The first-order valence-corrected chi connectivity index (χ1v) is 12.3. The topological polar surface area (TPSA) is 75.6 Å². The molecule has 0 spiro atoms. The van der Waals surface area contributed by atoms with Crippen LogP contribution >= 0.6 is 11.8 Å².